The number of alkyl halides is 3. The average Bonchev–Trinajstić information content (AvgIpc) is 2.28. The van der Waals surface area contributed by atoms with Crippen molar-refractivity contribution in [3.8, 4) is 5.88 Å². The van der Waals surface area contributed by atoms with Crippen molar-refractivity contribution in [1.82, 2.24) is 10.3 Å². The summed E-state index contributed by atoms with van der Waals surface area (Å²) in [6, 6.07) is 4.96. The third kappa shape index (κ3) is 4.58. The van der Waals surface area contributed by atoms with Crippen molar-refractivity contribution in [3.05, 3.63) is 23.9 Å². The standard InChI is InChI=1S/C10H13F3N2O2/c1-17-9-4-2-3-7(15-9)5-14-6-8(16)10(11,12)13/h2-4,8,14,16H,5-6H2,1H3. The molecule has 0 aliphatic heterocycles. The van der Waals surface area contributed by atoms with E-state index in [1.54, 1.807) is 18.2 Å². The van der Waals surface area contributed by atoms with Crippen molar-refractivity contribution in [2.45, 2.75) is 18.8 Å². The van der Waals surface area contributed by atoms with E-state index in [9.17, 15) is 13.2 Å². The van der Waals surface area contributed by atoms with Gasteiger partial charge in [0, 0.05) is 19.2 Å². The van der Waals surface area contributed by atoms with Crippen LogP contribution < -0.4 is 10.1 Å². The zero-order valence-electron chi connectivity index (χ0n) is 9.16. The fraction of sp³-hybridized carbons (Fsp3) is 0.500. The highest BCUT2D eigenvalue weighted by molar-refractivity contribution is 5.15. The van der Waals surface area contributed by atoms with Crippen molar-refractivity contribution < 1.29 is 23.0 Å². The summed E-state index contributed by atoms with van der Waals surface area (Å²) < 4.78 is 40.8. The lowest BCUT2D eigenvalue weighted by atomic mass is 10.3. The van der Waals surface area contributed by atoms with Gasteiger partial charge in [-0.3, -0.25) is 0 Å². The quantitative estimate of drug-likeness (QED) is 0.821. The fourth-order valence-electron chi connectivity index (χ4n) is 1.12. The van der Waals surface area contributed by atoms with Crippen LogP contribution in [0.5, 0.6) is 5.88 Å². The van der Waals surface area contributed by atoms with Gasteiger partial charge in [-0.25, -0.2) is 4.98 Å². The van der Waals surface area contributed by atoms with Crippen LogP contribution >= 0.6 is 0 Å². The molecule has 0 fully saturated rings. The highest BCUT2D eigenvalue weighted by Crippen LogP contribution is 2.19. The van der Waals surface area contributed by atoms with Crippen molar-refractivity contribution in [3.63, 3.8) is 0 Å². The molecule has 96 valence electrons. The van der Waals surface area contributed by atoms with Crippen molar-refractivity contribution >= 4 is 0 Å². The molecule has 1 rings (SSSR count). The second-order valence-electron chi connectivity index (χ2n) is 3.36. The van der Waals surface area contributed by atoms with Gasteiger partial charge in [0.25, 0.3) is 0 Å². The van der Waals surface area contributed by atoms with E-state index in [2.05, 4.69) is 10.3 Å². The Bertz CT molecular complexity index is 358. The minimum atomic E-state index is -4.60. The van der Waals surface area contributed by atoms with E-state index in [0.717, 1.165) is 0 Å². The van der Waals surface area contributed by atoms with Crippen LogP contribution in [-0.4, -0.2) is 36.0 Å². The Morgan fingerprint density at radius 1 is 1.47 bits per heavy atom. The number of nitrogens with zero attached hydrogens (tertiary/aromatic N) is 1. The summed E-state index contributed by atoms with van der Waals surface area (Å²) in [7, 11) is 1.45. The van der Waals surface area contributed by atoms with Crippen LogP contribution in [0.3, 0.4) is 0 Å². The van der Waals surface area contributed by atoms with Gasteiger partial charge in [0.2, 0.25) is 5.88 Å². The van der Waals surface area contributed by atoms with E-state index < -0.39 is 18.8 Å². The number of aliphatic hydroxyl groups excluding tert-OH is 1. The molecular weight excluding hydrogens is 237 g/mol. The summed E-state index contributed by atoms with van der Waals surface area (Å²) in [5, 5.41) is 11.2. The Kier molecular flexibility index (Phi) is 4.71. The molecule has 0 radical (unpaired) electrons. The van der Waals surface area contributed by atoms with Crippen molar-refractivity contribution in [2.75, 3.05) is 13.7 Å². The molecule has 0 saturated carbocycles. The smallest absolute Gasteiger partial charge is 0.415 e. The van der Waals surface area contributed by atoms with Gasteiger partial charge in [0.15, 0.2) is 6.10 Å². The molecule has 17 heavy (non-hydrogen) atoms. The number of pyridine rings is 1. The second kappa shape index (κ2) is 5.83. The minimum absolute atomic E-state index is 0.129. The van der Waals surface area contributed by atoms with E-state index in [-0.39, 0.29) is 6.54 Å². The predicted octanol–water partition coefficient (Wildman–Crippen LogP) is 1.10. The van der Waals surface area contributed by atoms with Crippen molar-refractivity contribution in [2.24, 2.45) is 0 Å². The molecule has 0 bridgehead atoms. The first-order valence-electron chi connectivity index (χ1n) is 4.89. The number of halogens is 3. The van der Waals surface area contributed by atoms with Crippen LogP contribution in [0.15, 0.2) is 18.2 Å². The number of rotatable bonds is 5. The molecule has 0 aliphatic carbocycles. The predicted molar refractivity (Wildman–Crippen MR) is 54.6 cm³/mol. The van der Waals surface area contributed by atoms with Gasteiger partial charge in [-0.05, 0) is 6.07 Å². The Labute approximate surface area is 96.4 Å². The van der Waals surface area contributed by atoms with Crippen LogP contribution in [0.4, 0.5) is 13.2 Å². The Morgan fingerprint density at radius 2 is 2.18 bits per heavy atom. The number of hydrogen-bond acceptors (Lipinski definition) is 4. The lowest BCUT2D eigenvalue weighted by Crippen LogP contribution is -2.38. The molecule has 1 unspecified atom stereocenters. The van der Waals surface area contributed by atoms with Gasteiger partial charge in [-0.1, -0.05) is 6.07 Å². The van der Waals surface area contributed by atoms with E-state index in [1.807, 2.05) is 0 Å². The Hall–Kier alpha value is -1.34. The Morgan fingerprint density at radius 3 is 2.76 bits per heavy atom. The number of hydrogen-bond donors (Lipinski definition) is 2. The molecule has 1 aromatic rings. The van der Waals surface area contributed by atoms with Crippen LogP contribution in [0.25, 0.3) is 0 Å². The van der Waals surface area contributed by atoms with Gasteiger partial charge < -0.3 is 15.2 Å². The molecule has 4 nitrogen and oxygen atoms in total. The molecule has 1 heterocycles. The maximum Gasteiger partial charge on any atom is 0.415 e. The largest absolute Gasteiger partial charge is 0.481 e. The first-order chi connectivity index (χ1) is 7.93. The Balaban J connectivity index is 2.40. The second-order valence-corrected chi connectivity index (χ2v) is 3.36. The van der Waals surface area contributed by atoms with Gasteiger partial charge in [-0.2, -0.15) is 13.2 Å². The van der Waals surface area contributed by atoms with E-state index in [1.165, 1.54) is 7.11 Å². The summed E-state index contributed by atoms with van der Waals surface area (Å²) >= 11 is 0. The first-order valence-corrected chi connectivity index (χ1v) is 4.89. The maximum atomic E-state index is 12.0. The molecule has 0 aromatic carbocycles. The summed E-state index contributed by atoms with van der Waals surface area (Å²) in [5.74, 6) is 0.390. The summed E-state index contributed by atoms with van der Waals surface area (Å²) in [6.45, 7) is -0.438. The van der Waals surface area contributed by atoms with Gasteiger partial charge >= 0.3 is 6.18 Å². The van der Waals surface area contributed by atoms with Crippen LogP contribution in [0.2, 0.25) is 0 Å². The topological polar surface area (TPSA) is 54.4 Å². The van der Waals surface area contributed by atoms with Crippen LogP contribution in [0.1, 0.15) is 5.69 Å². The van der Waals surface area contributed by atoms with Crippen LogP contribution in [0, 0.1) is 0 Å². The van der Waals surface area contributed by atoms with E-state index in [4.69, 9.17) is 9.84 Å². The van der Waals surface area contributed by atoms with Crippen LogP contribution in [-0.2, 0) is 6.54 Å². The molecular formula is C10H13F3N2O2. The molecule has 2 N–H and O–H groups in total. The van der Waals surface area contributed by atoms with Crippen molar-refractivity contribution in [1.29, 1.82) is 0 Å². The third-order valence-corrected chi connectivity index (χ3v) is 2.01. The zero-order valence-corrected chi connectivity index (χ0v) is 9.16. The van der Waals surface area contributed by atoms with E-state index in [0.29, 0.717) is 11.6 Å². The van der Waals surface area contributed by atoms with E-state index >= 15 is 0 Å². The number of aliphatic hydroxyl groups is 1. The number of nitrogens with one attached hydrogen (secondary N) is 1. The summed E-state index contributed by atoms with van der Waals surface area (Å²) in [5.41, 5.74) is 0.540. The maximum absolute atomic E-state index is 12.0. The molecule has 1 atom stereocenters. The zero-order chi connectivity index (χ0) is 12.9. The molecule has 0 saturated heterocycles. The summed E-state index contributed by atoms with van der Waals surface area (Å²) in [6.07, 6.45) is -6.97. The minimum Gasteiger partial charge on any atom is -0.481 e. The van der Waals surface area contributed by atoms with Gasteiger partial charge in [-0.15, -0.1) is 0 Å². The molecule has 0 amide bonds. The lowest BCUT2D eigenvalue weighted by Gasteiger charge is -2.14. The number of ether oxygens (including phenoxy) is 1. The first kappa shape index (κ1) is 13.7. The van der Waals surface area contributed by atoms with Gasteiger partial charge in [0.1, 0.15) is 0 Å². The molecule has 0 aliphatic rings. The average molecular weight is 250 g/mol. The monoisotopic (exact) mass is 250 g/mol. The number of methoxy groups -OCH3 is 1. The normalized spacial score (nSPS) is 13.5. The third-order valence-electron chi connectivity index (χ3n) is 2.01. The lowest BCUT2D eigenvalue weighted by molar-refractivity contribution is -0.201. The highest BCUT2D eigenvalue weighted by atomic mass is 19.4. The van der Waals surface area contributed by atoms with Gasteiger partial charge in [0.05, 0.1) is 12.8 Å². The highest BCUT2D eigenvalue weighted by Gasteiger charge is 2.37. The molecule has 7 heteroatoms. The summed E-state index contributed by atoms with van der Waals surface area (Å²) in [4.78, 5) is 4.00. The number of aromatic nitrogens is 1. The molecule has 1 aromatic heterocycles. The molecule has 0 spiro atoms. The fourth-order valence-corrected chi connectivity index (χ4v) is 1.12. The SMILES string of the molecule is COc1cccc(CNCC(O)C(F)(F)F)n1.